The van der Waals surface area contributed by atoms with Crippen molar-refractivity contribution >= 4 is 0 Å². The first-order valence-electron chi connectivity index (χ1n) is 8.27. The van der Waals surface area contributed by atoms with Gasteiger partial charge in [-0.05, 0) is 17.9 Å². The van der Waals surface area contributed by atoms with E-state index < -0.39 is 0 Å². The van der Waals surface area contributed by atoms with Crippen molar-refractivity contribution < 1.29 is 9.47 Å². The van der Waals surface area contributed by atoms with Crippen LogP contribution in [0.4, 0.5) is 0 Å². The smallest absolute Gasteiger partial charge is 0.256 e. The highest BCUT2D eigenvalue weighted by molar-refractivity contribution is 5.24. The zero-order valence-corrected chi connectivity index (χ0v) is 14.9. The number of rotatable bonds is 8. The molecule has 0 aliphatic rings. The van der Waals surface area contributed by atoms with E-state index in [2.05, 4.69) is 4.98 Å². The van der Waals surface area contributed by atoms with Crippen LogP contribution < -0.4 is 5.56 Å². The molecular weight excluding hydrogens is 304 g/mol. The first kappa shape index (κ1) is 18.4. The summed E-state index contributed by atoms with van der Waals surface area (Å²) in [6.45, 7) is 5.16. The van der Waals surface area contributed by atoms with Crippen LogP contribution in [-0.2, 0) is 16.5 Å². The van der Waals surface area contributed by atoms with Gasteiger partial charge in [0.1, 0.15) is 11.9 Å². The minimum atomic E-state index is -0.373. The minimum absolute atomic E-state index is 0.0172. The number of hydrogen-bond donors (Lipinski definition) is 0. The molecule has 1 aromatic heterocycles. The van der Waals surface area contributed by atoms with Gasteiger partial charge >= 0.3 is 0 Å². The van der Waals surface area contributed by atoms with Crippen molar-refractivity contribution in [2.75, 3.05) is 20.3 Å². The lowest BCUT2D eigenvalue weighted by Gasteiger charge is -2.21. The van der Waals surface area contributed by atoms with Gasteiger partial charge in [-0.25, -0.2) is 4.98 Å². The second-order valence-electron chi connectivity index (χ2n) is 6.10. The Balaban J connectivity index is 2.37. The normalized spacial score (nSPS) is 12.5. The van der Waals surface area contributed by atoms with Gasteiger partial charge in [-0.2, -0.15) is 0 Å². The van der Waals surface area contributed by atoms with E-state index >= 15 is 0 Å². The zero-order chi connectivity index (χ0) is 17.5. The monoisotopic (exact) mass is 330 g/mol. The molecule has 0 saturated carbocycles. The fourth-order valence-corrected chi connectivity index (χ4v) is 2.57. The molecule has 0 spiro atoms. The number of methoxy groups -OCH3 is 1. The molecule has 130 valence electrons. The van der Waals surface area contributed by atoms with Gasteiger partial charge < -0.3 is 9.47 Å². The van der Waals surface area contributed by atoms with Gasteiger partial charge in [0.05, 0.1) is 6.61 Å². The largest absolute Gasteiger partial charge is 0.385 e. The van der Waals surface area contributed by atoms with E-state index in [4.69, 9.17) is 9.47 Å². The molecular formula is C19H26N2O3. The maximum atomic E-state index is 12.6. The molecule has 5 heteroatoms. The Bertz CT molecular complexity index is 696. The summed E-state index contributed by atoms with van der Waals surface area (Å²) < 4.78 is 12.7. The quantitative estimate of drug-likeness (QED) is 0.698. The van der Waals surface area contributed by atoms with Crippen molar-refractivity contribution in [1.29, 1.82) is 0 Å². The van der Waals surface area contributed by atoms with Crippen LogP contribution in [0.1, 0.15) is 49.2 Å². The van der Waals surface area contributed by atoms with Crippen LogP contribution in [-0.4, -0.2) is 29.9 Å². The van der Waals surface area contributed by atoms with Crippen molar-refractivity contribution in [3.63, 3.8) is 0 Å². The molecule has 0 fully saturated rings. The van der Waals surface area contributed by atoms with Crippen molar-refractivity contribution in [3.05, 3.63) is 63.8 Å². The lowest BCUT2D eigenvalue weighted by atomic mass is 10.1. The predicted octanol–water partition coefficient (Wildman–Crippen LogP) is 3.05. The molecule has 1 aromatic carbocycles. The number of ether oxygens (including phenoxy) is 2. The average molecular weight is 330 g/mol. The molecule has 0 aliphatic carbocycles. The summed E-state index contributed by atoms with van der Waals surface area (Å²) in [6, 6.07) is 9.86. The maximum Gasteiger partial charge on any atom is 0.256 e. The molecule has 1 atom stereocenters. The van der Waals surface area contributed by atoms with Crippen LogP contribution in [0.25, 0.3) is 0 Å². The average Bonchev–Trinajstić information content (AvgIpc) is 2.58. The highest BCUT2D eigenvalue weighted by Crippen LogP contribution is 2.24. The summed E-state index contributed by atoms with van der Waals surface area (Å²) in [5.74, 6) is 0.760. The lowest BCUT2D eigenvalue weighted by molar-refractivity contribution is 0.0546. The summed E-state index contributed by atoms with van der Waals surface area (Å²) in [7, 11) is 3.43. The summed E-state index contributed by atoms with van der Waals surface area (Å²) >= 11 is 0. The molecule has 0 radical (unpaired) electrons. The van der Waals surface area contributed by atoms with E-state index in [1.54, 1.807) is 24.9 Å². The van der Waals surface area contributed by atoms with Crippen LogP contribution in [0, 0.1) is 0 Å². The van der Waals surface area contributed by atoms with Gasteiger partial charge in [-0.15, -0.1) is 0 Å². The molecule has 24 heavy (non-hydrogen) atoms. The Morgan fingerprint density at radius 1 is 1.17 bits per heavy atom. The van der Waals surface area contributed by atoms with Crippen LogP contribution >= 0.6 is 0 Å². The Morgan fingerprint density at radius 2 is 1.88 bits per heavy atom. The number of benzene rings is 1. The predicted molar refractivity (Wildman–Crippen MR) is 94.3 cm³/mol. The molecule has 0 aliphatic heterocycles. The fraction of sp³-hybridized carbons (Fsp3) is 0.474. The molecule has 2 rings (SSSR count). The molecule has 1 heterocycles. The number of hydrogen-bond acceptors (Lipinski definition) is 4. The summed E-state index contributed by atoms with van der Waals surface area (Å²) in [4.78, 5) is 17.1. The van der Waals surface area contributed by atoms with Crippen molar-refractivity contribution in [1.82, 2.24) is 9.55 Å². The highest BCUT2D eigenvalue weighted by atomic mass is 16.5. The topological polar surface area (TPSA) is 53.4 Å². The second kappa shape index (κ2) is 8.76. The summed E-state index contributed by atoms with van der Waals surface area (Å²) in [5.41, 5.74) is 1.68. The molecule has 0 amide bonds. The Kier molecular flexibility index (Phi) is 6.70. The van der Waals surface area contributed by atoms with E-state index in [9.17, 15) is 4.79 Å². The van der Waals surface area contributed by atoms with Gasteiger partial charge in [-0.1, -0.05) is 44.2 Å². The van der Waals surface area contributed by atoms with E-state index in [1.807, 2.05) is 44.2 Å². The van der Waals surface area contributed by atoms with E-state index in [1.165, 1.54) is 0 Å². The van der Waals surface area contributed by atoms with Crippen molar-refractivity contribution in [3.8, 4) is 0 Å². The third-order valence-corrected chi connectivity index (χ3v) is 3.97. The number of aromatic nitrogens is 2. The van der Waals surface area contributed by atoms with Crippen LogP contribution in [0.3, 0.4) is 0 Å². The Hall–Kier alpha value is -1.98. The SMILES string of the molecule is COCCCO[C@@H](c1ccccc1)c1ncc(C(C)C)c(=O)n1C. The zero-order valence-electron chi connectivity index (χ0n) is 14.9. The molecule has 0 bridgehead atoms. The van der Waals surface area contributed by atoms with Gasteiger partial charge in [0.15, 0.2) is 0 Å². The van der Waals surface area contributed by atoms with E-state index in [-0.39, 0.29) is 17.6 Å². The van der Waals surface area contributed by atoms with Crippen molar-refractivity contribution in [2.45, 2.75) is 32.3 Å². The molecule has 2 aromatic rings. The third-order valence-electron chi connectivity index (χ3n) is 3.97. The van der Waals surface area contributed by atoms with Gasteiger partial charge in [0.25, 0.3) is 5.56 Å². The van der Waals surface area contributed by atoms with E-state index in [0.717, 1.165) is 12.0 Å². The summed E-state index contributed by atoms with van der Waals surface area (Å²) in [5, 5.41) is 0. The lowest BCUT2D eigenvalue weighted by Crippen LogP contribution is -2.28. The summed E-state index contributed by atoms with van der Waals surface area (Å²) in [6.07, 6.45) is 2.09. The first-order chi connectivity index (χ1) is 11.6. The Morgan fingerprint density at radius 3 is 2.50 bits per heavy atom. The molecule has 5 nitrogen and oxygen atoms in total. The number of nitrogens with zero attached hydrogens (tertiary/aromatic N) is 2. The molecule has 0 saturated heterocycles. The second-order valence-corrected chi connectivity index (χ2v) is 6.10. The Labute approximate surface area is 143 Å². The van der Waals surface area contributed by atoms with Crippen LogP contribution in [0.15, 0.2) is 41.3 Å². The van der Waals surface area contributed by atoms with Gasteiger partial charge in [0.2, 0.25) is 0 Å². The minimum Gasteiger partial charge on any atom is -0.385 e. The van der Waals surface area contributed by atoms with E-state index in [0.29, 0.717) is 24.6 Å². The first-order valence-corrected chi connectivity index (χ1v) is 8.27. The van der Waals surface area contributed by atoms with Gasteiger partial charge in [-0.3, -0.25) is 9.36 Å². The van der Waals surface area contributed by atoms with Gasteiger partial charge in [0, 0.05) is 32.5 Å². The maximum absolute atomic E-state index is 12.6. The van der Waals surface area contributed by atoms with Crippen molar-refractivity contribution in [2.24, 2.45) is 7.05 Å². The third kappa shape index (κ3) is 4.30. The molecule has 0 N–H and O–H groups in total. The molecule has 0 unspecified atom stereocenters. The standard InChI is InChI=1S/C19H26N2O3/c1-14(2)16-13-20-18(21(3)19(16)22)17(24-12-8-11-23-4)15-9-6-5-7-10-15/h5-7,9-10,13-14,17H,8,11-12H2,1-4H3/t17-/m0/s1. The highest BCUT2D eigenvalue weighted by Gasteiger charge is 2.21. The fourth-order valence-electron chi connectivity index (χ4n) is 2.57. The van der Waals surface area contributed by atoms with Crippen LogP contribution in [0.5, 0.6) is 0 Å². The van der Waals surface area contributed by atoms with Crippen LogP contribution in [0.2, 0.25) is 0 Å².